The topological polar surface area (TPSA) is 0 Å². The van der Waals surface area contributed by atoms with Gasteiger partial charge < -0.3 is 0 Å². The molecule has 0 bridgehead atoms. The third-order valence-electron chi connectivity index (χ3n) is 1.28. The molecule has 1 aliphatic rings. The number of hydrogen-bond acceptors (Lipinski definition) is 0. The highest BCUT2D eigenvalue weighted by molar-refractivity contribution is 8.21. The van der Waals surface area contributed by atoms with E-state index >= 15 is 0 Å². The van der Waals surface area contributed by atoms with E-state index in [4.69, 9.17) is 0 Å². The van der Waals surface area contributed by atoms with E-state index in [1.807, 2.05) is 0 Å². The molecule has 1 atom stereocenters. The molecule has 0 N–H and O–H groups in total. The minimum Gasteiger partial charge on any atom is -0.124 e. The lowest BCUT2D eigenvalue weighted by atomic mass is 10.2. The normalized spacial score (nSPS) is 26.9. The Morgan fingerprint density at radius 1 is 1.20 bits per heavy atom. The van der Waals surface area contributed by atoms with Crippen molar-refractivity contribution in [3.05, 3.63) is 24.3 Å². The third-order valence-corrected chi connectivity index (χ3v) is 2.32. The van der Waals surface area contributed by atoms with Crippen LogP contribution in [-0.2, 0) is 0 Å². The van der Waals surface area contributed by atoms with Crippen LogP contribution in [0.1, 0.15) is 6.42 Å². The van der Waals surface area contributed by atoms with Crippen molar-refractivity contribution >= 4 is 11.2 Å². The van der Waals surface area contributed by atoms with E-state index < -0.39 is 16.4 Å². The molecule has 0 aromatic heterocycles. The summed E-state index contributed by atoms with van der Waals surface area (Å²) in [6.45, 7) is 0. The molecule has 0 aliphatic heterocycles. The SMILES string of the molecule is FS(F)(F)C1C=CC=CC1. The monoisotopic (exact) mass is 168 g/mol. The van der Waals surface area contributed by atoms with E-state index in [0.29, 0.717) is 0 Å². The van der Waals surface area contributed by atoms with Crippen molar-refractivity contribution in [2.24, 2.45) is 0 Å². The maximum absolute atomic E-state index is 11.9. The largest absolute Gasteiger partial charge is 0.215 e. The number of halogens is 3. The van der Waals surface area contributed by atoms with Gasteiger partial charge in [-0.15, -0.1) is 11.7 Å². The van der Waals surface area contributed by atoms with Crippen molar-refractivity contribution in [3.63, 3.8) is 0 Å². The summed E-state index contributed by atoms with van der Waals surface area (Å²) in [6, 6.07) is 0. The Labute approximate surface area is 59.6 Å². The average molecular weight is 168 g/mol. The minimum atomic E-state index is -4.86. The molecule has 0 amide bonds. The van der Waals surface area contributed by atoms with Crippen molar-refractivity contribution in [2.45, 2.75) is 11.7 Å². The molecule has 0 saturated heterocycles. The van der Waals surface area contributed by atoms with Crippen LogP contribution in [0.5, 0.6) is 0 Å². The summed E-state index contributed by atoms with van der Waals surface area (Å²) in [5, 5.41) is -1.18. The van der Waals surface area contributed by atoms with Crippen molar-refractivity contribution < 1.29 is 11.7 Å². The molecule has 58 valence electrons. The summed E-state index contributed by atoms with van der Waals surface area (Å²) in [5.41, 5.74) is 0. The van der Waals surface area contributed by atoms with E-state index in [9.17, 15) is 11.7 Å². The molecular formula is C6H7F3S. The van der Waals surface area contributed by atoms with Crippen LogP contribution in [0.3, 0.4) is 0 Å². The van der Waals surface area contributed by atoms with Crippen molar-refractivity contribution in [2.75, 3.05) is 0 Å². The van der Waals surface area contributed by atoms with E-state index in [-0.39, 0.29) is 6.42 Å². The van der Waals surface area contributed by atoms with Crippen LogP contribution in [0, 0.1) is 0 Å². The first-order valence-electron chi connectivity index (χ1n) is 2.85. The molecule has 0 saturated carbocycles. The van der Waals surface area contributed by atoms with Crippen LogP contribution < -0.4 is 0 Å². The molecule has 0 heterocycles. The molecule has 4 heteroatoms. The van der Waals surface area contributed by atoms with Gasteiger partial charge in [-0.2, -0.15) is 0 Å². The second kappa shape index (κ2) is 2.70. The van der Waals surface area contributed by atoms with Crippen LogP contribution in [0.2, 0.25) is 0 Å². The highest BCUT2D eigenvalue weighted by atomic mass is 32.3. The van der Waals surface area contributed by atoms with Crippen LogP contribution in [0.25, 0.3) is 0 Å². The molecule has 0 fully saturated rings. The Bertz CT molecular complexity index is 168. The van der Waals surface area contributed by atoms with Gasteiger partial charge in [0.15, 0.2) is 0 Å². The van der Waals surface area contributed by atoms with Gasteiger partial charge in [-0.3, -0.25) is 0 Å². The lowest BCUT2D eigenvalue weighted by molar-refractivity contribution is 0.614. The van der Waals surface area contributed by atoms with Gasteiger partial charge in [0.05, 0.1) is 5.25 Å². The number of rotatable bonds is 1. The first-order valence-corrected chi connectivity index (χ1v) is 4.25. The van der Waals surface area contributed by atoms with Crippen molar-refractivity contribution in [1.82, 2.24) is 0 Å². The van der Waals surface area contributed by atoms with E-state index in [1.54, 1.807) is 12.2 Å². The highest BCUT2D eigenvalue weighted by Gasteiger charge is 2.31. The van der Waals surface area contributed by atoms with Gasteiger partial charge in [0, 0.05) is 0 Å². The smallest absolute Gasteiger partial charge is 0.124 e. The zero-order chi connectivity index (χ0) is 7.61. The summed E-state index contributed by atoms with van der Waals surface area (Å²) < 4.78 is 35.8. The summed E-state index contributed by atoms with van der Waals surface area (Å²) in [7, 11) is 0. The Morgan fingerprint density at radius 2 is 1.90 bits per heavy atom. The Balaban J connectivity index is 2.60. The molecular weight excluding hydrogens is 161 g/mol. The molecule has 0 aromatic carbocycles. The second-order valence-corrected chi connectivity index (χ2v) is 3.52. The second-order valence-electron chi connectivity index (χ2n) is 2.03. The average Bonchev–Trinajstić information content (AvgIpc) is 1.88. The maximum atomic E-state index is 11.9. The van der Waals surface area contributed by atoms with Crippen LogP contribution in [0.4, 0.5) is 11.7 Å². The van der Waals surface area contributed by atoms with Gasteiger partial charge in [-0.05, 0) is 6.42 Å². The minimum absolute atomic E-state index is 0.120. The standard InChI is InChI=1S/C6H7F3S/c7-10(8,9)6-4-2-1-3-5-6/h1-4,6H,5H2. The van der Waals surface area contributed by atoms with E-state index in [0.717, 1.165) is 0 Å². The molecule has 0 spiro atoms. The molecule has 0 aromatic rings. The molecule has 1 aliphatic carbocycles. The van der Waals surface area contributed by atoms with Gasteiger partial charge in [0.2, 0.25) is 11.2 Å². The fraction of sp³-hybridized carbons (Fsp3) is 0.333. The molecule has 1 unspecified atom stereocenters. The fourth-order valence-corrected chi connectivity index (χ4v) is 1.35. The van der Waals surface area contributed by atoms with Crippen molar-refractivity contribution in [3.8, 4) is 0 Å². The lowest BCUT2D eigenvalue weighted by Gasteiger charge is -2.19. The Hall–Kier alpha value is -0.380. The van der Waals surface area contributed by atoms with Crippen LogP contribution in [0.15, 0.2) is 24.3 Å². The molecule has 1 rings (SSSR count). The summed E-state index contributed by atoms with van der Waals surface area (Å²) in [5.74, 6) is 0. The highest BCUT2D eigenvalue weighted by Crippen LogP contribution is 2.59. The zero-order valence-corrected chi connectivity index (χ0v) is 5.95. The van der Waals surface area contributed by atoms with Crippen molar-refractivity contribution in [1.29, 1.82) is 0 Å². The zero-order valence-electron chi connectivity index (χ0n) is 5.14. The third kappa shape index (κ3) is 1.80. The summed E-state index contributed by atoms with van der Waals surface area (Å²) in [4.78, 5) is 0. The van der Waals surface area contributed by atoms with Gasteiger partial charge in [0.1, 0.15) is 0 Å². The van der Waals surface area contributed by atoms with Crippen LogP contribution >= 0.6 is 11.2 Å². The predicted octanol–water partition coefficient (Wildman–Crippen LogP) is 3.33. The van der Waals surface area contributed by atoms with Gasteiger partial charge in [-0.1, -0.05) is 24.3 Å². The summed E-state index contributed by atoms with van der Waals surface area (Å²) in [6.07, 6.45) is 5.98. The van der Waals surface area contributed by atoms with Gasteiger partial charge >= 0.3 is 0 Å². The maximum Gasteiger partial charge on any atom is 0.215 e. The first kappa shape index (κ1) is 7.72. The molecule has 0 nitrogen and oxygen atoms in total. The van der Waals surface area contributed by atoms with Crippen LogP contribution in [-0.4, -0.2) is 5.25 Å². The molecule has 0 radical (unpaired) electrons. The Kier molecular flexibility index (Phi) is 2.08. The number of hydrogen-bond donors (Lipinski definition) is 0. The number of allylic oxidation sites excluding steroid dienone is 3. The van der Waals surface area contributed by atoms with E-state index in [1.165, 1.54) is 12.2 Å². The fourth-order valence-electron chi connectivity index (χ4n) is 0.756. The lowest BCUT2D eigenvalue weighted by Crippen LogP contribution is -2.05. The van der Waals surface area contributed by atoms with E-state index in [2.05, 4.69) is 0 Å². The Morgan fingerprint density at radius 3 is 2.20 bits per heavy atom. The van der Waals surface area contributed by atoms with Gasteiger partial charge in [-0.25, -0.2) is 0 Å². The first-order chi connectivity index (χ1) is 4.61. The predicted molar refractivity (Wildman–Crippen MR) is 37.6 cm³/mol. The summed E-state index contributed by atoms with van der Waals surface area (Å²) >= 11 is -4.86. The van der Waals surface area contributed by atoms with Gasteiger partial charge in [0.25, 0.3) is 0 Å². The quantitative estimate of drug-likeness (QED) is 0.563. The molecule has 10 heavy (non-hydrogen) atoms.